The molecule has 178 valence electrons. The molecule has 0 saturated carbocycles. The lowest BCUT2D eigenvalue weighted by Gasteiger charge is -2.08. The summed E-state index contributed by atoms with van der Waals surface area (Å²) >= 11 is 1.22. The number of hydrogen-bond donors (Lipinski definition) is 0. The molecule has 2 aromatic heterocycles. The number of hydrogen-bond acceptors (Lipinski definition) is 6. The van der Waals surface area contributed by atoms with Gasteiger partial charge in [0, 0.05) is 35.1 Å². The van der Waals surface area contributed by atoms with E-state index in [1.165, 1.54) is 28.1 Å². The van der Waals surface area contributed by atoms with Crippen molar-refractivity contribution in [1.82, 2.24) is 14.2 Å². The molecule has 0 aliphatic carbocycles. The highest BCUT2D eigenvalue weighted by Gasteiger charge is 2.15. The molecule has 0 amide bonds. The zero-order chi connectivity index (χ0) is 25.1. The first-order valence-electron chi connectivity index (χ1n) is 10.9. The number of benzene rings is 3. The van der Waals surface area contributed by atoms with Gasteiger partial charge in [0.1, 0.15) is 11.5 Å². The third kappa shape index (κ3) is 4.62. The van der Waals surface area contributed by atoms with Crippen LogP contribution >= 0.6 is 11.3 Å². The summed E-state index contributed by atoms with van der Waals surface area (Å²) in [7, 11) is 0. The summed E-state index contributed by atoms with van der Waals surface area (Å²) in [6, 6.07) is 20.4. The van der Waals surface area contributed by atoms with E-state index in [0.717, 1.165) is 11.3 Å². The number of nitrogens with zero attached hydrogens (tertiary/aromatic N) is 6. The highest BCUT2D eigenvalue weighted by Crippen LogP contribution is 2.27. The molecule has 36 heavy (non-hydrogen) atoms. The minimum Gasteiger partial charge on any atom is -0.306 e. The number of nitro benzene ring substituents is 1. The second kappa shape index (κ2) is 9.88. The van der Waals surface area contributed by atoms with Crippen LogP contribution in [0.3, 0.4) is 0 Å². The molecular weight excluding hydrogens is 479 g/mol. The Bertz CT molecular complexity index is 1640. The number of imidazole rings is 1. The fourth-order valence-electron chi connectivity index (χ4n) is 3.64. The number of nitro groups is 1. The van der Waals surface area contributed by atoms with E-state index in [4.69, 9.17) is 5.10 Å². The maximum Gasteiger partial charge on any atom is 0.294 e. The monoisotopic (exact) mass is 498 g/mol. The summed E-state index contributed by atoms with van der Waals surface area (Å²) in [4.78, 5) is 20.0. The van der Waals surface area contributed by atoms with Crippen LogP contribution < -0.4 is 4.80 Å². The lowest BCUT2D eigenvalue weighted by atomic mass is 10.1. The molecule has 2 heterocycles. The second-order valence-corrected chi connectivity index (χ2v) is 8.59. The number of para-hydroxylation sites is 2. The Hall–Kier alpha value is -4.70. The number of thiazole rings is 1. The summed E-state index contributed by atoms with van der Waals surface area (Å²) in [6.07, 6.45) is 5.28. The molecule has 0 bridgehead atoms. The average Bonchev–Trinajstić information content (AvgIpc) is 3.56. The van der Waals surface area contributed by atoms with Crippen LogP contribution in [0, 0.1) is 15.9 Å². The van der Waals surface area contributed by atoms with Crippen molar-refractivity contribution in [3.05, 3.63) is 123 Å². The highest BCUT2D eigenvalue weighted by atomic mass is 32.1. The molecule has 0 aliphatic rings. The minimum absolute atomic E-state index is 0.124. The van der Waals surface area contributed by atoms with Gasteiger partial charge in [-0.3, -0.25) is 10.1 Å². The Morgan fingerprint density at radius 3 is 2.53 bits per heavy atom. The maximum atomic E-state index is 14.7. The molecule has 0 saturated heterocycles. The summed E-state index contributed by atoms with van der Waals surface area (Å²) in [5.74, 6) is -0.404. The molecule has 0 spiro atoms. The molecule has 0 radical (unpaired) electrons. The van der Waals surface area contributed by atoms with Gasteiger partial charge in [-0.15, -0.1) is 11.3 Å². The molecule has 5 rings (SSSR count). The molecule has 3 aromatic carbocycles. The molecule has 0 N–H and O–H groups in total. The predicted octanol–water partition coefficient (Wildman–Crippen LogP) is 5.95. The topological polar surface area (TPSA) is 90.6 Å². The van der Waals surface area contributed by atoms with Gasteiger partial charge in [0.05, 0.1) is 22.7 Å². The lowest BCUT2D eigenvalue weighted by molar-refractivity contribution is -0.384. The Morgan fingerprint density at radius 2 is 1.81 bits per heavy atom. The zero-order valence-corrected chi connectivity index (χ0v) is 19.8. The molecule has 8 nitrogen and oxygen atoms in total. The van der Waals surface area contributed by atoms with Gasteiger partial charge in [-0.05, 0) is 42.8 Å². The van der Waals surface area contributed by atoms with E-state index in [9.17, 15) is 14.5 Å². The van der Waals surface area contributed by atoms with E-state index in [0.29, 0.717) is 21.8 Å². The van der Waals surface area contributed by atoms with Crippen molar-refractivity contribution < 1.29 is 9.31 Å². The van der Waals surface area contributed by atoms with Gasteiger partial charge in [-0.25, -0.2) is 19.0 Å². The van der Waals surface area contributed by atoms with Gasteiger partial charge in [-0.1, -0.05) is 36.4 Å². The maximum absolute atomic E-state index is 14.7. The van der Waals surface area contributed by atoms with Gasteiger partial charge in [-0.2, -0.15) is 5.10 Å². The van der Waals surface area contributed by atoms with E-state index in [2.05, 4.69) is 9.98 Å². The van der Waals surface area contributed by atoms with E-state index >= 15 is 0 Å². The zero-order valence-electron chi connectivity index (χ0n) is 19.0. The molecule has 0 aliphatic heterocycles. The van der Waals surface area contributed by atoms with Crippen LogP contribution in [0.5, 0.6) is 0 Å². The van der Waals surface area contributed by atoms with E-state index in [-0.39, 0.29) is 11.4 Å². The lowest BCUT2D eigenvalue weighted by Crippen LogP contribution is -2.14. The molecular formula is C26H19FN6O2S. The van der Waals surface area contributed by atoms with Crippen LogP contribution in [0.2, 0.25) is 0 Å². The molecule has 5 aromatic rings. The number of rotatable bonds is 6. The third-order valence-electron chi connectivity index (χ3n) is 5.47. The van der Waals surface area contributed by atoms with Crippen molar-refractivity contribution in [2.75, 3.05) is 0 Å². The van der Waals surface area contributed by atoms with Crippen LogP contribution in [0.25, 0.3) is 16.9 Å². The first kappa shape index (κ1) is 23.1. The predicted molar refractivity (Wildman–Crippen MR) is 137 cm³/mol. The summed E-state index contributed by atoms with van der Waals surface area (Å²) in [5.41, 5.74) is 3.37. The highest BCUT2D eigenvalue weighted by molar-refractivity contribution is 7.07. The Morgan fingerprint density at radius 1 is 1.06 bits per heavy atom. The van der Waals surface area contributed by atoms with Crippen LogP contribution in [-0.4, -0.2) is 24.9 Å². The standard InChI is InChI=1S/C26H19FN6O2S/c1-18(19-10-12-20(13-11-19)31-15-14-28-17-31)30-32-25(21-6-2-3-7-22(21)27)16-36-26(32)29-23-8-4-5-9-24(23)33(34)35/h2-17H,1H3. The van der Waals surface area contributed by atoms with Crippen molar-refractivity contribution >= 4 is 28.4 Å². The van der Waals surface area contributed by atoms with Crippen LogP contribution in [0.1, 0.15) is 12.5 Å². The quantitative estimate of drug-likeness (QED) is 0.164. The van der Waals surface area contributed by atoms with Crippen molar-refractivity contribution in [3.8, 4) is 16.9 Å². The third-order valence-corrected chi connectivity index (χ3v) is 6.28. The molecule has 10 heteroatoms. The Balaban J connectivity index is 1.65. The smallest absolute Gasteiger partial charge is 0.294 e. The van der Waals surface area contributed by atoms with Gasteiger partial charge in [0.25, 0.3) is 5.69 Å². The van der Waals surface area contributed by atoms with Crippen molar-refractivity contribution in [2.24, 2.45) is 10.1 Å². The largest absolute Gasteiger partial charge is 0.306 e. The second-order valence-electron chi connectivity index (χ2n) is 7.76. The average molecular weight is 499 g/mol. The van der Waals surface area contributed by atoms with E-state index in [1.54, 1.807) is 54.3 Å². The molecule has 0 atom stereocenters. The normalized spacial score (nSPS) is 12.2. The first-order valence-corrected chi connectivity index (χ1v) is 11.8. The Kier molecular flexibility index (Phi) is 6.33. The fourth-order valence-corrected chi connectivity index (χ4v) is 4.47. The van der Waals surface area contributed by atoms with Gasteiger partial charge in [0.2, 0.25) is 4.80 Å². The summed E-state index contributed by atoms with van der Waals surface area (Å²) in [6.45, 7) is 1.84. The van der Waals surface area contributed by atoms with Crippen LogP contribution in [0.4, 0.5) is 15.8 Å². The van der Waals surface area contributed by atoms with Crippen LogP contribution in [0.15, 0.2) is 107 Å². The minimum atomic E-state index is -0.481. The fraction of sp³-hybridized carbons (Fsp3) is 0.0385. The van der Waals surface area contributed by atoms with Gasteiger partial charge >= 0.3 is 0 Å². The van der Waals surface area contributed by atoms with E-state index in [1.807, 2.05) is 42.0 Å². The first-order chi connectivity index (χ1) is 17.5. The molecule has 0 fully saturated rings. The SMILES string of the molecule is CC(=Nn1c(-c2ccccc2F)csc1=Nc1ccccc1[N+](=O)[O-])c1ccc(-n2ccnc2)cc1. The van der Waals surface area contributed by atoms with Gasteiger partial charge < -0.3 is 4.57 Å². The Labute approximate surface area is 209 Å². The van der Waals surface area contributed by atoms with Gasteiger partial charge in [0.15, 0.2) is 0 Å². The summed E-state index contributed by atoms with van der Waals surface area (Å²) < 4.78 is 18.1. The van der Waals surface area contributed by atoms with Crippen molar-refractivity contribution in [1.29, 1.82) is 0 Å². The molecule has 0 unspecified atom stereocenters. The van der Waals surface area contributed by atoms with Crippen molar-refractivity contribution in [2.45, 2.75) is 6.92 Å². The van der Waals surface area contributed by atoms with Crippen molar-refractivity contribution in [3.63, 3.8) is 0 Å². The van der Waals surface area contributed by atoms with E-state index < -0.39 is 10.7 Å². The number of halogens is 1. The summed E-state index contributed by atoms with van der Waals surface area (Å²) in [5, 5.41) is 18.0. The van der Waals surface area contributed by atoms with Crippen LogP contribution in [-0.2, 0) is 0 Å². The number of aromatic nitrogens is 3.